The quantitative estimate of drug-likeness (QED) is 0.749. The number of anilines is 1. The molecule has 0 aliphatic rings. The summed E-state index contributed by atoms with van der Waals surface area (Å²) >= 11 is 0. The van der Waals surface area contributed by atoms with E-state index >= 15 is 0 Å². The molecule has 1 aromatic rings. The Bertz CT molecular complexity index is 407. The first-order valence-electron chi connectivity index (χ1n) is 6.54. The van der Waals surface area contributed by atoms with Crippen LogP contribution in [0.15, 0.2) is 12.4 Å². The van der Waals surface area contributed by atoms with Crippen molar-refractivity contribution in [3.63, 3.8) is 0 Å². The van der Waals surface area contributed by atoms with Gasteiger partial charge in [0.05, 0.1) is 0 Å². The Labute approximate surface area is 109 Å². The molecule has 0 bridgehead atoms. The van der Waals surface area contributed by atoms with Gasteiger partial charge in [-0.05, 0) is 11.8 Å². The molecule has 98 valence electrons. The van der Waals surface area contributed by atoms with Crippen LogP contribution in [0.25, 0.3) is 0 Å². The van der Waals surface area contributed by atoms with Crippen molar-refractivity contribution < 1.29 is 0 Å². The second-order valence-corrected chi connectivity index (χ2v) is 5.34. The third kappa shape index (κ3) is 4.70. The van der Waals surface area contributed by atoms with E-state index in [1.807, 2.05) is 6.07 Å². The lowest BCUT2D eigenvalue weighted by atomic mass is 9.87. The van der Waals surface area contributed by atoms with Gasteiger partial charge in [-0.25, -0.2) is 9.97 Å². The molecule has 0 aliphatic carbocycles. The van der Waals surface area contributed by atoms with E-state index in [2.05, 4.69) is 36.1 Å². The summed E-state index contributed by atoms with van der Waals surface area (Å²) in [6.45, 7) is 7.49. The lowest BCUT2D eigenvalue weighted by molar-refractivity contribution is 0.342. The van der Waals surface area contributed by atoms with Gasteiger partial charge in [0, 0.05) is 18.9 Å². The number of unbranched alkanes of at least 4 members (excludes halogenated alkanes) is 2. The van der Waals surface area contributed by atoms with Crippen LogP contribution in [0.1, 0.15) is 52.1 Å². The van der Waals surface area contributed by atoms with Gasteiger partial charge in [-0.2, -0.15) is 5.26 Å². The van der Waals surface area contributed by atoms with E-state index in [-0.39, 0.29) is 5.41 Å². The van der Waals surface area contributed by atoms with Gasteiger partial charge in [0.1, 0.15) is 6.07 Å². The average Bonchev–Trinajstić information content (AvgIpc) is 2.37. The maximum atomic E-state index is 8.93. The van der Waals surface area contributed by atoms with E-state index in [1.165, 1.54) is 31.9 Å². The third-order valence-electron chi connectivity index (χ3n) is 3.00. The Morgan fingerprint density at radius 1 is 1.28 bits per heavy atom. The number of hydrogen-bond donors (Lipinski definition) is 1. The predicted octanol–water partition coefficient (Wildman–Crippen LogP) is 3.37. The summed E-state index contributed by atoms with van der Waals surface area (Å²) < 4.78 is 0. The van der Waals surface area contributed by atoms with Crippen LogP contribution in [0.5, 0.6) is 0 Å². The summed E-state index contributed by atoms with van der Waals surface area (Å²) in [5, 5.41) is 12.2. The van der Waals surface area contributed by atoms with Crippen LogP contribution in [-0.2, 0) is 0 Å². The normalized spacial score (nSPS) is 11.0. The van der Waals surface area contributed by atoms with Gasteiger partial charge < -0.3 is 5.32 Å². The Balaban J connectivity index is 2.51. The molecule has 1 rings (SSSR count). The fraction of sp³-hybridized carbons (Fsp3) is 0.643. The van der Waals surface area contributed by atoms with Gasteiger partial charge in [0.2, 0.25) is 0 Å². The Morgan fingerprint density at radius 2 is 2.00 bits per heavy atom. The number of aromatic nitrogens is 2. The highest BCUT2D eigenvalue weighted by Gasteiger charge is 2.18. The van der Waals surface area contributed by atoms with Crippen molar-refractivity contribution in [3.8, 4) is 6.07 Å². The monoisotopic (exact) mass is 246 g/mol. The summed E-state index contributed by atoms with van der Waals surface area (Å²) in [7, 11) is 0. The molecule has 1 aromatic heterocycles. The highest BCUT2D eigenvalue weighted by molar-refractivity contribution is 5.46. The van der Waals surface area contributed by atoms with Crippen molar-refractivity contribution >= 4 is 5.82 Å². The molecule has 1 N–H and O–H groups in total. The van der Waals surface area contributed by atoms with E-state index in [0.29, 0.717) is 11.5 Å². The number of nitrogens with zero attached hydrogens (tertiary/aromatic N) is 3. The van der Waals surface area contributed by atoms with Crippen LogP contribution < -0.4 is 5.32 Å². The van der Waals surface area contributed by atoms with Crippen LogP contribution in [0.3, 0.4) is 0 Å². The molecule has 0 saturated carbocycles. The van der Waals surface area contributed by atoms with Crippen LogP contribution in [0.2, 0.25) is 0 Å². The van der Waals surface area contributed by atoms with Gasteiger partial charge in [-0.3, -0.25) is 0 Å². The van der Waals surface area contributed by atoms with E-state index in [1.54, 1.807) is 6.20 Å². The van der Waals surface area contributed by atoms with Crippen LogP contribution >= 0.6 is 0 Å². The summed E-state index contributed by atoms with van der Waals surface area (Å²) in [6.07, 6.45) is 8.08. The van der Waals surface area contributed by atoms with Crippen LogP contribution in [0.4, 0.5) is 5.82 Å². The third-order valence-corrected chi connectivity index (χ3v) is 3.00. The molecular weight excluding hydrogens is 224 g/mol. The molecule has 0 aliphatic heterocycles. The topological polar surface area (TPSA) is 61.6 Å². The van der Waals surface area contributed by atoms with E-state index < -0.39 is 0 Å². The SMILES string of the molecule is CCCCCC(C)(C)CNc1nccnc1C#N. The molecular formula is C14H22N4. The average molecular weight is 246 g/mol. The molecule has 4 heteroatoms. The van der Waals surface area contributed by atoms with E-state index in [0.717, 1.165) is 6.54 Å². The maximum Gasteiger partial charge on any atom is 0.182 e. The fourth-order valence-electron chi connectivity index (χ4n) is 1.81. The first-order chi connectivity index (χ1) is 8.59. The second-order valence-electron chi connectivity index (χ2n) is 5.34. The summed E-state index contributed by atoms with van der Waals surface area (Å²) in [5.41, 5.74) is 0.571. The summed E-state index contributed by atoms with van der Waals surface area (Å²) in [5.74, 6) is 0.587. The largest absolute Gasteiger partial charge is 0.367 e. The second kappa shape index (κ2) is 6.95. The minimum absolute atomic E-state index is 0.208. The number of rotatable bonds is 7. The first-order valence-corrected chi connectivity index (χ1v) is 6.54. The molecule has 0 radical (unpaired) electrons. The predicted molar refractivity (Wildman–Crippen MR) is 73.2 cm³/mol. The molecule has 0 aromatic carbocycles. The molecule has 0 amide bonds. The van der Waals surface area contributed by atoms with Gasteiger partial charge >= 0.3 is 0 Å². The van der Waals surface area contributed by atoms with E-state index in [9.17, 15) is 0 Å². The molecule has 0 spiro atoms. The minimum Gasteiger partial charge on any atom is -0.367 e. The number of hydrogen-bond acceptors (Lipinski definition) is 4. The van der Waals surface area contributed by atoms with Gasteiger partial charge in [0.15, 0.2) is 11.5 Å². The van der Waals surface area contributed by atoms with Gasteiger partial charge in [-0.15, -0.1) is 0 Å². The van der Waals surface area contributed by atoms with Crippen molar-refractivity contribution in [1.82, 2.24) is 9.97 Å². The zero-order valence-electron chi connectivity index (χ0n) is 11.5. The van der Waals surface area contributed by atoms with Crippen molar-refractivity contribution in [1.29, 1.82) is 5.26 Å². The van der Waals surface area contributed by atoms with Crippen LogP contribution in [-0.4, -0.2) is 16.5 Å². The zero-order chi connectivity index (χ0) is 13.4. The van der Waals surface area contributed by atoms with Gasteiger partial charge in [-0.1, -0.05) is 40.0 Å². The molecule has 4 nitrogen and oxygen atoms in total. The molecule has 0 fully saturated rings. The number of nitriles is 1. The maximum absolute atomic E-state index is 8.93. The van der Waals surface area contributed by atoms with Gasteiger partial charge in [0.25, 0.3) is 0 Å². The lowest BCUT2D eigenvalue weighted by Crippen LogP contribution is -2.24. The van der Waals surface area contributed by atoms with Crippen molar-refractivity contribution in [2.24, 2.45) is 5.41 Å². The molecule has 0 atom stereocenters. The molecule has 0 saturated heterocycles. The summed E-state index contributed by atoms with van der Waals surface area (Å²) in [4.78, 5) is 8.14. The minimum atomic E-state index is 0.208. The number of nitrogens with one attached hydrogen (secondary N) is 1. The fourth-order valence-corrected chi connectivity index (χ4v) is 1.81. The zero-order valence-corrected chi connectivity index (χ0v) is 11.5. The molecule has 18 heavy (non-hydrogen) atoms. The highest BCUT2D eigenvalue weighted by Crippen LogP contribution is 2.24. The molecule has 1 heterocycles. The summed E-state index contributed by atoms with van der Waals surface area (Å²) in [6, 6.07) is 2.05. The Morgan fingerprint density at radius 3 is 2.67 bits per heavy atom. The van der Waals surface area contributed by atoms with Crippen molar-refractivity contribution in [2.75, 3.05) is 11.9 Å². The van der Waals surface area contributed by atoms with Crippen LogP contribution in [0, 0.1) is 16.7 Å². The Kier molecular flexibility index (Phi) is 5.57. The Hall–Kier alpha value is -1.63. The van der Waals surface area contributed by atoms with Crippen molar-refractivity contribution in [3.05, 3.63) is 18.1 Å². The van der Waals surface area contributed by atoms with E-state index in [4.69, 9.17) is 5.26 Å². The lowest BCUT2D eigenvalue weighted by Gasteiger charge is -2.25. The first kappa shape index (κ1) is 14.4. The highest BCUT2D eigenvalue weighted by atomic mass is 15.0. The smallest absolute Gasteiger partial charge is 0.182 e. The molecule has 0 unspecified atom stereocenters. The van der Waals surface area contributed by atoms with Crippen molar-refractivity contribution in [2.45, 2.75) is 46.5 Å². The standard InChI is InChI=1S/C14H22N4/c1-4-5-6-7-14(2,3)11-18-13-12(10-15)16-8-9-17-13/h8-9H,4-7,11H2,1-3H3,(H,17,18).